The predicted molar refractivity (Wildman–Crippen MR) is 323 cm³/mol. The summed E-state index contributed by atoms with van der Waals surface area (Å²) < 4.78 is 11.3. The highest BCUT2D eigenvalue weighted by Crippen LogP contribution is 2.23. The molecule has 0 radical (unpaired) electrons. The maximum atomic E-state index is 13.1. The van der Waals surface area contributed by atoms with Crippen LogP contribution in [-0.2, 0) is 14.3 Å². The Kier molecular flexibility index (Phi) is 53.6. The fraction of sp³-hybridized carbons (Fsp3) is 0.866. The monoisotopic (exact) mass is 1070 g/mol. The van der Waals surface area contributed by atoms with Gasteiger partial charge in [-0.25, -0.2) is 0 Å². The van der Waals surface area contributed by atoms with Crippen LogP contribution in [0.2, 0.25) is 0 Å². The van der Waals surface area contributed by atoms with Crippen molar-refractivity contribution in [2.75, 3.05) is 13.2 Å². The molecule has 1 saturated heterocycles. The summed E-state index contributed by atoms with van der Waals surface area (Å²) in [7, 11) is 0. The summed E-state index contributed by atoms with van der Waals surface area (Å²) in [4.78, 5) is 13.1. The second kappa shape index (κ2) is 56.4. The van der Waals surface area contributed by atoms with Crippen LogP contribution in [0, 0.1) is 0 Å². The lowest BCUT2D eigenvalue weighted by molar-refractivity contribution is -0.302. The lowest BCUT2D eigenvalue weighted by atomic mass is 9.99. The molecule has 0 bridgehead atoms. The molecule has 7 atom stereocenters. The Labute approximate surface area is 469 Å². The van der Waals surface area contributed by atoms with Gasteiger partial charge in [0.2, 0.25) is 5.91 Å². The first-order chi connectivity index (χ1) is 37.3. The third-order valence-electron chi connectivity index (χ3n) is 15.6. The summed E-state index contributed by atoms with van der Waals surface area (Å²) in [5.41, 5.74) is 0. The van der Waals surface area contributed by atoms with Crippen molar-refractivity contribution in [3.8, 4) is 0 Å². The number of ether oxygens (including phenoxy) is 2. The highest BCUT2D eigenvalue weighted by atomic mass is 16.7. The van der Waals surface area contributed by atoms with E-state index in [-0.39, 0.29) is 12.5 Å². The van der Waals surface area contributed by atoms with Gasteiger partial charge in [-0.05, 0) is 70.6 Å². The van der Waals surface area contributed by atoms with Crippen molar-refractivity contribution in [3.63, 3.8) is 0 Å². The summed E-state index contributed by atoms with van der Waals surface area (Å²) >= 11 is 0. The zero-order chi connectivity index (χ0) is 55.0. The molecule has 7 unspecified atom stereocenters. The number of allylic oxidation sites excluding steroid dienone is 7. The van der Waals surface area contributed by atoms with Gasteiger partial charge in [-0.3, -0.25) is 4.79 Å². The van der Waals surface area contributed by atoms with Crippen LogP contribution in [0.5, 0.6) is 0 Å². The van der Waals surface area contributed by atoms with Gasteiger partial charge in [-0.1, -0.05) is 287 Å². The van der Waals surface area contributed by atoms with Crippen LogP contribution in [0.1, 0.15) is 316 Å². The predicted octanol–water partition coefficient (Wildman–Crippen LogP) is 17.2. The smallest absolute Gasteiger partial charge is 0.220 e. The molecule has 9 heteroatoms. The second-order valence-corrected chi connectivity index (χ2v) is 22.9. The van der Waals surface area contributed by atoms with Gasteiger partial charge in [-0.15, -0.1) is 0 Å². The van der Waals surface area contributed by atoms with Crippen LogP contribution in [0.4, 0.5) is 0 Å². The number of aliphatic hydroxyl groups is 5. The molecule has 0 aromatic carbocycles. The van der Waals surface area contributed by atoms with Crippen LogP contribution < -0.4 is 5.32 Å². The van der Waals surface area contributed by atoms with Crippen LogP contribution in [0.25, 0.3) is 0 Å². The molecule has 0 aromatic heterocycles. The van der Waals surface area contributed by atoms with E-state index < -0.39 is 49.5 Å². The lowest BCUT2D eigenvalue weighted by Gasteiger charge is -2.40. The topological polar surface area (TPSA) is 149 Å². The fourth-order valence-electron chi connectivity index (χ4n) is 10.4. The van der Waals surface area contributed by atoms with E-state index in [4.69, 9.17) is 9.47 Å². The van der Waals surface area contributed by atoms with E-state index in [1.165, 1.54) is 250 Å². The van der Waals surface area contributed by atoms with Gasteiger partial charge < -0.3 is 40.3 Å². The lowest BCUT2D eigenvalue weighted by Crippen LogP contribution is -2.60. The van der Waals surface area contributed by atoms with Crippen LogP contribution in [0.15, 0.2) is 48.6 Å². The molecule has 1 fully saturated rings. The van der Waals surface area contributed by atoms with Gasteiger partial charge in [0.05, 0.1) is 25.4 Å². The third kappa shape index (κ3) is 44.9. The van der Waals surface area contributed by atoms with Gasteiger partial charge >= 0.3 is 0 Å². The van der Waals surface area contributed by atoms with Crippen molar-refractivity contribution >= 4 is 5.91 Å². The first-order valence-corrected chi connectivity index (χ1v) is 32.9. The number of hydrogen-bond donors (Lipinski definition) is 6. The standard InChI is InChI=1S/C67H125NO8/c1-3-5-7-9-11-13-15-17-19-21-23-25-26-27-28-29-30-31-32-33-34-35-36-37-39-41-43-45-47-49-51-53-55-57-63(71)68-60(59-75-67-66(74)65(73)64(72)62(58-69)76-67)61(70)56-54-52-50-48-46-44-42-40-38-24-22-20-18-16-14-12-10-8-6-4-2/h21,23,38,40,46,48,54,56,60-62,64-67,69-70,72-74H,3-20,22,24-37,39,41-45,47,49-53,55,57-59H2,1-2H3,(H,68,71)/b23-21-,40-38+,48-46+,56-54+. The highest BCUT2D eigenvalue weighted by Gasteiger charge is 2.44. The molecule has 1 heterocycles. The minimum Gasteiger partial charge on any atom is -0.394 e. The van der Waals surface area contributed by atoms with Crippen LogP contribution in [0.3, 0.4) is 0 Å². The number of unbranched alkanes of at least 4 members (excludes halogenated alkanes) is 41. The SMILES string of the molecule is CCCCCCCCCC/C=C\CCCCCCCCCCCCCCCCCCCCCCCC(=O)NC(COC1OC(CO)C(O)C(O)C1O)C(O)/C=C/CC/C=C/CC/C=C/CCCCCCCCCCCC. The van der Waals surface area contributed by atoms with Crippen LogP contribution in [-0.4, -0.2) is 87.5 Å². The third-order valence-corrected chi connectivity index (χ3v) is 15.6. The number of carbonyl (C=O) groups is 1. The molecule has 0 spiro atoms. The Morgan fingerprint density at radius 1 is 0.434 bits per heavy atom. The Morgan fingerprint density at radius 3 is 1.11 bits per heavy atom. The Morgan fingerprint density at radius 2 is 0.750 bits per heavy atom. The molecule has 1 rings (SSSR count). The maximum absolute atomic E-state index is 13.1. The number of aliphatic hydroxyl groups excluding tert-OH is 5. The molecule has 6 N–H and O–H groups in total. The first-order valence-electron chi connectivity index (χ1n) is 32.9. The van der Waals surface area contributed by atoms with Crippen molar-refractivity contribution in [2.24, 2.45) is 0 Å². The molecule has 1 amide bonds. The quantitative estimate of drug-likeness (QED) is 0.0261. The van der Waals surface area contributed by atoms with E-state index in [9.17, 15) is 30.3 Å². The number of hydrogen-bond acceptors (Lipinski definition) is 8. The Hall–Kier alpha value is -1.85. The van der Waals surface area contributed by atoms with Gasteiger partial charge in [0, 0.05) is 6.42 Å². The molecule has 1 aliphatic rings. The molecule has 0 aliphatic carbocycles. The van der Waals surface area contributed by atoms with E-state index in [1.807, 2.05) is 6.08 Å². The zero-order valence-corrected chi connectivity index (χ0v) is 49.8. The van der Waals surface area contributed by atoms with Crippen molar-refractivity contribution in [1.82, 2.24) is 5.32 Å². The van der Waals surface area contributed by atoms with Crippen molar-refractivity contribution in [2.45, 2.75) is 358 Å². The van der Waals surface area contributed by atoms with E-state index in [2.05, 4.69) is 55.6 Å². The first kappa shape index (κ1) is 72.2. The number of amides is 1. The van der Waals surface area contributed by atoms with Crippen molar-refractivity contribution in [1.29, 1.82) is 0 Å². The molecule has 1 aliphatic heterocycles. The normalized spacial score (nSPS) is 19.1. The molecular formula is C67H125NO8. The van der Waals surface area contributed by atoms with Crippen molar-refractivity contribution in [3.05, 3.63) is 48.6 Å². The van der Waals surface area contributed by atoms with E-state index >= 15 is 0 Å². The summed E-state index contributed by atoms with van der Waals surface area (Å²) in [6.07, 6.45) is 69.3. The summed E-state index contributed by atoms with van der Waals surface area (Å²) in [5, 5.41) is 54.6. The zero-order valence-electron chi connectivity index (χ0n) is 49.8. The maximum Gasteiger partial charge on any atom is 0.220 e. The van der Waals surface area contributed by atoms with E-state index in [0.29, 0.717) is 6.42 Å². The minimum atomic E-state index is -1.58. The molecule has 76 heavy (non-hydrogen) atoms. The summed E-state index contributed by atoms with van der Waals surface area (Å²) in [5.74, 6) is -0.186. The van der Waals surface area contributed by atoms with Crippen LogP contribution >= 0.6 is 0 Å². The van der Waals surface area contributed by atoms with E-state index in [0.717, 1.165) is 44.9 Å². The highest BCUT2D eigenvalue weighted by molar-refractivity contribution is 5.76. The minimum absolute atomic E-state index is 0.186. The number of carbonyl (C=O) groups excluding carboxylic acids is 1. The average Bonchev–Trinajstić information content (AvgIpc) is 3.42. The van der Waals surface area contributed by atoms with Gasteiger partial charge in [0.25, 0.3) is 0 Å². The second-order valence-electron chi connectivity index (χ2n) is 22.9. The largest absolute Gasteiger partial charge is 0.394 e. The number of nitrogens with one attached hydrogen (secondary N) is 1. The molecular weight excluding hydrogens is 947 g/mol. The van der Waals surface area contributed by atoms with Gasteiger partial charge in [0.1, 0.15) is 24.4 Å². The Balaban J connectivity index is 2.14. The van der Waals surface area contributed by atoms with E-state index in [1.54, 1.807) is 6.08 Å². The Bertz CT molecular complexity index is 1340. The summed E-state index contributed by atoms with van der Waals surface area (Å²) in [6, 6.07) is -0.828. The molecule has 0 saturated carbocycles. The molecule has 446 valence electrons. The molecule has 9 nitrogen and oxygen atoms in total. The summed E-state index contributed by atoms with van der Waals surface area (Å²) in [6.45, 7) is 3.79. The van der Waals surface area contributed by atoms with Crippen molar-refractivity contribution < 1.29 is 39.8 Å². The fourth-order valence-corrected chi connectivity index (χ4v) is 10.4. The average molecular weight is 1070 g/mol. The van der Waals surface area contributed by atoms with Gasteiger partial charge in [0.15, 0.2) is 6.29 Å². The molecule has 0 aromatic rings. The van der Waals surface area contributed by atoms with Gasteiger partial charge in [-0.2, -0.15) is 0 Å². The number of rotatable bonds is 57.